The minimum Gasteiger partial charge on any atom is -0.481 e. The van der Waals surface area contributed by atoms with Crippen LogP contribution in [0.2, 0.25) is 0 Å². The van der Waals surface area contributed by atoms with Crippen molar-refractivity contribution in [2.75, 3.05) is 0 Å². The largest absolute Gasteiger partial charge is 0.481 e. The van der Waals surface area contributed by atoms with Crippen molar-refractivity contribution in [1.29, 1.82) is 0 Å². The first-order valence-electron chi connectivity index (χ1n) is 7.07. The van der Waals surface area contributed by atoms with Gasteiger partial charge in [-0.3, -0.25) is 9.59 Å². The Morgan fingerprint density at radius 3 is 2.38 bits per heavy atom. The van der Waals surface area contributed by atoms with Gasteiger partial charge in [0.15, 0.2) is 5.82 Å². The van der Waals surface area contributed by atoms with Gasteiger partial charge in [-0.15, -0.1) is 0 Å². The zero-order chi connectivity index (χ0) is 15.8. The summed E-state index contributed by atoms with van der Waals surface area (Å²) in [6.07, 6.45) is 1.16. The summed E-state index contributed by atoms with van der Waals surface area (Å²) in [4.78, 5) is 27.3. The molecule has 1 amide bonds. The molecule has 1 fully saturated rings. The van der Waals surface area contributed by atoms with Crippen molar-refractivity contribution in [1.82, 2.24) is 15.5 Å². The summed E-state index contributed by atoms with van der Waals surface area (Å²) in [5.41, 5.74) is -0.228. The van der Waals surface area contributed by atoms with E-state index in [2.05, 4.69) is 15.5 Å². The molecule has 1 aliphatic carbocycles. The van der Waals surface area contributed by atoms with Crippen molar-refractivity contribution in [3.05, 3.63) is 11.7 Å². The smallest absolute Gasteiger partial charge is 0.307 e. The van der Waals surface area contributed by atoms with E-state index in [9.17, 15) is 9.59 Å². The molecule has 3 unspecified atom stereocenters. The Balaban J connectivity index is 1.98. The standard InChI is InChI=1S/C14H21N3O4/c1-7(11-16-13(17-21-11)14(2,3)4)15-10(18)8-5-6-9(8)12(19)20/h7-9H,5-6H2,1-4H3,(H,15,18)(H,19,20). The van der Waals surface area contributed by atoms with Gasteiger partial charge in [0.05, 0.1) is 11.8 Å². The van der Waals surface area contributed by atoms with Gasteiger partial charge in [0.1, 0.15) is 6.04 Å². The van der Waals surface area contributed by atoms with Crippen LogP contribution in [0.25, 0.3) is 0 Å². The highest BCUT2D eigenvalue weighted by atomic mass is 16.5. The number of carboxylic acids is 1. The molecule has 1 aromatic heterocycles. The molecule has 0 radical (unpaired) electrons. The van der Waals surface area contributed by atoms with Crippen LogP contribution in [0, 0.1) is 11.8 Å². The quantitative estimate of drug-likeness (QED) is 0.875. The number of carboxylic acid groups (broad SMARTS) is 1. The molecule has 0 bridgehead atoms. The Hall–Kier alpha value is -1.92. The molecule has 2 N–H and O–H groups in total. The van der Waals surface area contributed by atoms with Gasteiger partial charge in [-0.2, -0.15) is 4.98 Å². The average molecular weight is 295 g/mol. The van der Waals surface area contributed by atoms with Crippen LogP contribution in [0.15, 0.2) is 4.52 Å². The first-order chi connectivity index (χ1) is 9.70. The lowest BCUT2D eigenvalue weighted by Gasteiger charge is -2.32. The van der Waals surface area contributed by atoms with E-state index in [4.69, 9.17) is 9.63 Å². The summed E-state index contributed by atoms with van der Waals surface area (Å²) < 4.78 is 5.17. The third-order valence-electron chi connectivity index (χ3n) is 3.77. The number of aliphatic carboxylic acids is 1. The van der Waals surface area contributed by atoms with Crippen molar-refractivity contribution in [2.45, 2.75) is 52.0 Å². The zero-order valence-electron chi connectivity index (χ0n) is 12.7. The van der Waals surface area contributed by atoms with Crippen LogP contribution in [-0.2, 0) is 15.0 Å². The molecule has 1 saturated carbocycles. The van der Waals surface area contributed by atoms with Gasteiger partial charge in [0.2, 0.25) is 11.8 Å². The molecule has 116 valence electrons. The number of hydrogen-bond acceptors (Lipinski definition) is 5. The average Bonchev–Trinajstić information content (AvgIpc) is 2.74. The van der Waals surface area contributed by atoms with Gasteiger partial charge in [0, 0.05) is 5.41 Å². The third kappa shape index (κ3) is 3.22. The van der Waals surface area contributed by atoms with E-state index in [-0.39, 0.29) is 11.3 Å². The second-order valence-corrected chi connectivity index (χ2v) is 6.57. The lowest BCUT2D eigenvalue weighted by atomic mass is 9.73. The van der Waals surface area contributed by atoms with Crippen molar-refractivity contribution in [3.8, 4) is 0 Å². The Morgan fingerprint density at radius 2 is 1.95 bits per heavy atom. The van der Waals surface area contributed by atoms with Gasteiger partial charge in [-0.25, -0.2) is 0 Å². The number of aromatic nitrogens is 2. The summed E-state index contributed by atoms with van der Waals surface area (Å²) in [6, 6.07) is -0.434. The Bertz CT molecular complexity index is 547. The lowest BCUT2D eigenvalue weighted by molar-refractivity contribution is -0.153. The Morgan fingerprint density at radius 1 is 1.33 bits per heavy atom. The SMILES string of the molecule is CC(NC(=O)C1CCC1C(=O)O)c1nc(C(C)(C)C)no1. The minimum absolute atomic E-state index is 0.228. The maximum atomic E-state index is 12.1. The molecule has 1 heterocycles. The molecule has 7 nitrogen and oxygen atoms in total. The first-order valence-corrected chi connectivity index (χ1v) is 7.07. The summed E-state index contributed by atoms with van der Waals surface area (Å²) in [6.45, 7) is 7.65. The highest BCUT2D eigenvalue weighted by Crippen LogP contribution is 2.35. The van der Waals surface area contributed by atoms with E-state index in [0.29, 0.717) is 24.6 Å². The van der Waals surface area contributed by atoms with E-state index in [0.717, 1.165) is 0 Å². The molecule has 21 heavy (non-hydrogen) atoms. The molecular formula is C14H21N3O4. The maximum Gasteiger partial charge on any atom is 0.307 e. The summed E-state index contributed by atoms with van der Waals surface area (Å²) in [5.74, 6) is -1.32. The fourth-order valence-electron chi connectivity index (χ4n) is 2.21. The van der Waals surface area contributed by atoms with Crippen LogP contribution < -0.4 is 5.32 Å². The lowest BCUT2D eigenvalue weighted by Crippen LogP contribution is -2.44. The molecule has 3 atom stereocenters. The summed E-state index contributed by atoms with van der Waals surface area (Å²) >= 11 is 0. The van der Waals surface area contributed by atoms with E-state index < -0.39 is 23.8 Å². The molecule has 0 spiro atoms. The number of amides is 1. The fraction of sp³-hybridized carbons (Fsp3) is 0.714. The molecule has 1 aromatic rings. The van der Waals surface area contributed by atoms with Crippen molar-refractivity contribution >= 4 is 11.9 Å². The van der Waals surface area contributed by atoms with E-state index >= 15 is 0 Å². The molecule has 0 saturated heterocycles. The van der Waals surface area contributed by atoms with Crippen LogP contribution in [0.3, 0.4) is 0 Å². The second kappa shape index (κ2) is 5.46. The van der Waals surface area contributed by atoms with E-state index in [1.807, 2.05) is 20.8 Å². The number of hydrogen-bond donors (Lipinski definition) is 2. The van der Waals surface area contributed by atoms with Crippen LogP contribution in [-0.4, -0.2) is 27.1 Å². The molecule has 0 aromatic carbocycles. The molecule has 7 heteroatoms. The van der Waals surface area contributed by atoms with Crippen molar-refractivity contribution < 1.29 is 19.2 Å². The first kappa shape index (κ1) is 15.5. The van der Waals surface area contributed by atoms with Crippen LogP contribution in [0.4, 0.5) is 0 Å². The van der Waals surface area contributed by atoms with Gasteiger partial charge < -0.3 is 14.9 Å². The number of carbonyl (C=O) groups excluding carboxylic acids is 1. The van der Waals surface area contributed by atoms with Crippen LogP contribution in [0.1, 0.15) is 58.3 Å². The summed E-state index contributed by atoms with van der Waals surface area (Å²) in [5, 5.41) is 15.6. The molecule has 1 aliphatic rings. The molecule has 2 rings (SSSR count). The highest BCUT2D eigenvalue weighted by Gasteiger charge is 2.42. The van der Waals surface area contributed by atoms with Crippen molar-refractivity contribution in [3.63, 3.8) is 0 Å². The van der Waals surface area contributed by atoms with Gasteiger partial charge in [0.25, 0.3) is 0 Å². The number of nitrogens with one attached hydrogen (secondary N) is 1. The number of nitrogens with zero attached hydrogens (tertiary/aromatic N) is 2. The fourth-order valence-corrected chi connectivity index (χ4v) is 2.21. The Labute approximate surface area is 123 Å². The maximum absolute atomic E-state index is 12.1. The molecular weight excluding hydrogens is 274 g/mol. The van der Waals surface area contributed by atoms with Gasteiger partial charge >= 0.3 is 5.97 Å². The normalized spacial score (nSPS) is 23.2. The van der Waals surface area contributed by atoms with Crippen LogP contribution in [0.5, 0.6) is 0 Å². The minimum atomic E-state index is -0.915. The number of rotatable bonds is 4. The third-order valence-corrected chi connectivity index (χ3v) is 3.77. The van der Waals surface area contributed by atoms with Crippen LogP contribution >= 0.6 is 0 Å². The Kier molecular flexibility index (Phi) is 4.02. The topological polar surface area (TPSA) is 105 Å². The number of carbonyl (C=O) groups is 2. The second-order valence-electron chi connectivity index (χ2n) is 6.57. The zero-order valence-corrected chi connectivity index (χ0v) is 12.7. The van der Waals surface area contributed by atoms with Gasteiger partial charge in [-0.05, 0) is 19.8 Å². The summed E-state index contributed by atoms with van der Waals surface area (Å²) in [7, 11) is 0. The van der Waals surface area contributed by atoms with E-state index in [1.54, 1.807) is 6.92 Å². The monoisotopic (exact) mass is 295 g/mol. The van der Waals surface area contributed by atoms with E-state index in [1.165, 1.54) is 0 Å². The predicted molar refractivity (Wildman–Crippen MR) is 73.4 cm³/mol. The predicted octanol–water partition coefficient (Wildman–Crippen LogP) is 1.66. The van der Waals surface area contributed by atoms with Gasteiger partial charge in [-0.1, -0.05) is 25.9 Å². The molecule has 0 aliphatic heterocycles. The highest BCUT2D eigenvalue weighted by molar-refractivity contribution is 5.86. The van der Waals surface area contributed by atoms with Crippen molar-refractivity contribution in [2.24, 2.45) is 11.8 Å².